The van der Waals surface area contributed by atoms with Gasteiger partial charge in [-0.15, -0.1) is 0 Å². The molecule has 4 unspecified atom stereocenters. The van der Waals surface area contributed by atoms with Crippen LogP contribution in [0.25, 0.3) is 11.0 Å². The van der Waals surface area contributed by atoms with Gasteiger partial charge in [0.2, 0.25) is 0 Å². The van der Waals surface area contributed by atoms with Crippen LogP contribution in [0.5, 0.6) is 5.75 Å². The van der Waals surface area contributed by atoms with Crippen molar-refractivity contribution in [3.63, 3.8) is 0 Å². The number of rotatable bonds is 0. The molecule has 0 spiro atoms. The van der Waals surface area contributed by atoms with Gasteiger partial charge >= 0.3 is 0 Å². The van der Waals surface area contributed by atoms with Gasteiger partial charge in [-0.2, -0.15) is 0 Å². The van der Waals surface area contributed by atoms with Gasteiger partial charge in [0.15, 0.2) is 0 Å². The topological polar surface area (TPSA) is 36.6 Å². The molecule has 1 fully saturated rings. The molecule has 106 valence electrons. The molecule has 0 amide bonds. The summed E-state index contributed by atoms with van der Waals surface area (Å²) in [4.78, 5) is 2.60. The lowest BCUT2D eigenvalue weighted by Gasteiger charge is -2.40. The SMILES string of the molecule is CC1CC2c3oc4ccc(O)cc4c3CCN(C1)C2C. The summed E-state index contributed by atoms with van der Waals surface area (Å²) in [5.41, 5.74) is 2.25. The number of hydrogen-bond donors (Lipinski definition) is 1. The Hall–Kier alpha value is -1.48. The predicted octanol–water partition coefficient (Wildman–Crippen LogP) is 3.51. The second kappa shape index (κ2) is 4.26. The normalized spacial score (nSPS) is 32.9. The van der Waals surface area contributed by atoms with E-state index in [0.717, 1.165) is 29.9 Å². The zero-order valence-electron chi connectivity index (χ0n) is 12.1. The van der Waals surface area contributed by atoms with Crippen molar-refractivity contribution in [2.24, 2.45) is 5.92 Å². The van der Waals surface area contributed by atoms with Gasteiger partial charge in [0, 0.05) is 36.0 Å². The lowest BCUT2D eigenvalue weighted by atomic mass is 9.83. The highest BCUT2D eigenvalue weighted by molar-refractivity contribution is 5.84. The number of phenols is 1. The lowest BCUT2D eigenvalue weighted by molar-refractivity contribution is 0.105. The van der Waals surface area contributed by atoms with Crippen LogP contribution in [-0.2, 0) is 6.42 Å². The monoisotopic (exact) mass is 271 g/mol. The molecule has 3 heterocycles. The Balaban J connectivity index is 1.91. The van der Waals surface area contributed by atoms with Crippen LogP contribution in [-0.4, -0.2) is 29.1 Å². The molecule has 3 nitrogen and oxygen atoms in total. The van der Waals surface area contributed by atoms with E-state index in [0.29, 0.717) is 17.7 Å². The highest BCUT2D eigenvalue weighted by Crippen LogP contribution is 2.43. The Kier molecular flexibility index (Phi) is 2.61. The van der Waals surface area contributed by atoms with Gasteiger partial charge in [0.05, 0.1) is 0 Å². The quantitative estimate of drug-likeness (QED) is 0.796. The molecule has 4 rings (SSSR count). The first-order valence-electron chi connectivity index (χ1n) is 7.62. The first kappa shape index (κ1) is 12.3. The minimum absolute atomic E-state index is 0.329. The fourth-order valence-electron chi connectivity index (χ4n) is 4.12. The van der Waals surface area contributed by atoms with Crippen LogP contribution < -0.4 is 0 Å². The van der Waals surface area contributed by atoms with Gasteiger partial charge < -0.3 is 9.52 Å². The van der Waals surface area contributed by atoms with Crippen LogP contribution in [0.3, 0.4) is 0 Å². The van der Waals surface area contributed by atoms with Crippen molar-refractivity contribution in [3.8, 4) is 5.75 Å². The van der Waals surface area contributed by atoms with Gasteiger partial charge in [0.1, 0.15) is 17.1 Å². The molecule has 2 bridgehead atoms. The summed E-state index contributed by atoms with van der Waals surface area (Å²) in [5.74, 6) is 2.72. The van der Waals surface area contributed by atoms with Crippen molar-refractivity contribution < 1.29 is 9.52 Å². The second-order valence-corrected chi connectivity index (χ2v) is 6.56. The number of phenolic OH excluding ortho intramolecular Hbond substituents is 1. The van der Waals surface area contributed by atoms with Crippen LogP contribution in [0, 0.1) is 5.92 Å². The lowest BCUT2D eigenvalue weighted by Crippen LogP contribution is -2.44. The van der Waals surface area contributed by atoms with Crippen molar-refractivity contribution in [1.29, 1.82) is 0 Å². The third kappa shape index (κ3) is 1.69. The van der Waals surface area contributed by atoms with Crippen molar-refractivity contribution >= 4 is 11.0 Å². The Labute approximate surface area is 119 Å². The predicted molar refractivity (Wildman–Crippen MR) is 79.1 cm³/mol. The summed E-state index contributed by atoms with van der Waals surface area (Å²) < 4.78 is 6.19. The number of piperidine rings is 1. The van der Waals surface area contributed by atoms with Crippen LogP contribution >= 0.6 is 0 Å². The van der Waals surface area contributed by atoms with E-state index in [1.807, 2.05) is 12.1 Å². The summed E-state index contributed by atoms with van der Waals surface area (Å²) in [6, 6.07) is 6.02. The number of hydrogen-bond acceptors (Lipinski definition) is 3. The molecular formula is C17H21NO2. The third-order valence-corrected chi connectivity index (χ3v) is 5.15. The second-order valence-electron chi connectivity index (χ2n) is 6.56. The molecule has 3 heteroatoms. The standard InChI is InChI=1S/C17H21NO2/c1-10-7-14-11(2)18(9-10)6-5-13-15-8-12(19)3-4-16(15)20-17(13)14/h3-4,8,10-11,14,19H,5-7,9H2,1-2H3. The zero-order valence-corrected chi connectivity index (χ0v) is 12.1. The fourth-order valence-corrected chi connectivity index (χ4v) is 4.12. The first-order valence-corrected chi connectivity index (χ1v) is 7.62. The third-order valence-electron chi connectivity index (χ3n) is 5.15. The average molecular weight is 271 g/mol. The van der Waals surface area contributed by atoms with Gasteiger partial charge in [-0.05, 0) is 43.9 Å². The Morgan fingerprint density at radius 3 is 3.00 bits per heavy atom. The summed E-state index contributed by atoms with van der Waals surface area (Å²) in [7, 11) is 0. The molecule has 2 aromatic rings. The number of nitrogens with zero attached hydrogens (tertiary/aromatic N) is 1. The average Bonchev–Trinajstić information content (AvgIpc) is 2.74. The van der Waals surface area contributed by atoms with Crippen molar-refractivity contribution in [2.45, 2.75) is 38.6 Å². The molecule has 2 aliphatic rings. The van der Waals surface area contributed by atoms with Crippen molar-refractivity contribution in [1.82, 2.24) is 4.90 Å². The Morgan fingerprint density at radius 1 is 1.30 bits per heavy atom. The number of fused-ring (bicyclic) bond motifs is 6. The largest absolute Gasteiger partial charge is 0.508 e. The fraction of sp³-hybridized carbons (Fsp3) is 0.529. The van der Waals surface area contributed by atoms with E-state index in [1.54, 1.807) is 6.07 Å². The molecule has 20 heavy (non-hydrogen) atoms. The zero-order chi connectivity index (χ0) is 13.9. The van der Waals surface area contributed by atoms with Crippen molar-refractivity contribution in [3.05, 3.63) is 29.5 Å². The van der Waals surface area contributed by atoms with Crippen LogP contribution in [0.2, 0.25) is 0 Å². The molecule has 1 N–H and O–H groups in total. The summed E-state index contributed by atoms with van der Waals surface area (Å²) >= 11 is 0. The highest BCUT2D eigenvalue weighted by atomic mass is 16.3. The number of furan rings is 1. The van der Waals surface area contributed by atoms with E-state index >= 15 is 0 Å². The maximum absolute atomic E-state index is 9.75. The van der Waals surface area contributed by atoms with E-state index < -0.39 is 0 Å². The molecule has 2 aliphatic heterocycles. The molecule has 1 saturated heterocycles. The first-order chi connectivity index (χ1) is 9.63. The van der Waals surface area contributed by atoms with Crippen molar-refractivity contribution in [2.75, 3.05) is 13.1 Å². The highest BCUT2D eigenvalue weighted by Gasteiger charge is 2.38. The number of aromatic hydroxyl groups is 1. The summed E-state index contributed by atoms with van der Waals surface area (Å²) in [6.45, 7) is 6.96. The van der Waals surface area contributed by atoms with Crippen LogP contribution in [0.1, 0.15) is 37.5 Å². The summed E-state index contributed by atoms with van der Waals surface area (Å²) in [6.07, 6.45) is 2.23. The molecule has 0 aliphatic carbocycles. The Bertz CT molecular complexity index is 660. The van der Waals surface area contributed by atoms with Gasteiger partial charge in [-0.3, -0.25) is 4.90 Å². The molecule has 1 aromatic heterocycles. The minimum Gasteiger partial charge on any atom is -0.508 e. The minimum atomic E-state index is 0.329. The van der Waals surface area contributed by atoms with Gasteiger partial charge in [-0.25, -0.2) is 0 Å². The van der Waals surface area contributed by atoms with E-state index in [2.05, 4.69) is 18.7 Å². The van der Waals surface area contributed by atoms with E-state index in [4.69, 9.17) is 4.42 Å². The number of benzene rings is 1. The van der Waals surface area contributed by atoms with Gasteiger partial charge in [-0.1, -0.05) is 6.92 Å². The van der Waals surface area contributed by atoms with Crippen LogP contribution in [0.15, 0.2) is 22.6 Å². The Morgan fingerprint density at radius 2 is 2.15 bits per heavy atom. The molecule has 4 atom stereocenters. The summed E-state index contributed by atoms with van der Waals surface area (Å²) in [5, 5.41) is 10.9. The van der Waals surface area contributed by atoms with E-state index in [-0.39, 0.29) is 0 Å². The maximum Gasteiger partial charge on any atom is 0.134 e. The molecule has 0 radical (unpaired) electrons. The molecule has 0 saturated carbocycles. The molecular weight excluding hydrogens is 250 g/mol. The molecule has 1 aromatic carbocycles. The van der Waals surface area contributed by atoms with Crippen LogP contribution in [0.4, 0.5) is 0 Å². The van der Waals surface area contributed by atoms with Gasteiger partial charge in [0.25, 0.3) is 0 Å². The maximum atomic E-state index is 9.75. The van der Waals surface area contributed by atoms with E-state index in [9.17, 15) is 5.11 Å². The van der Waals surface area contributed by atoms with E-state index in [1.165, 1.54) is 24.3 Å². The smallest absolute Gasteiger partial charge is 0.134 e.